The van der Waals surface area contributed by atoms with E-state index in [1.54, 1.807) is 25.4 Å². The molecular formula is C19H27N3O4. The molecule has 2 aliphatic heterocycles. The zero-order valence-corrected chi connectivity index (χ0v) is 15.4. The highest BCUT2D eigenvalue weighted by molar-refractivity contribution is 5.78. The number of aromatic nitrogens is 1. The first-order valence-corrected chi connectivity index (χ1v) is 9.23. The number of methoxy groups -OCH3 is 1. The highest BCUT2D eigenvalue weighted by atomic mass is 16.5. The van der Waals surface area contributed by atoms with Crippen molar-refractivity contribution in [1.82, 2.24) is 14.4 Å². The van der Waals surface area contributed by atoms with E-state index in [1.807, 2.05) is 9.80 Å². The lowest BCUT2D eigenvalue weighted by Gasteiger charge is -2.48. The molecule has 1 aromatic rings. The number of rotatable bonds is 5. The lowest BCUT2D eigenvalue weighted by Crippen LogP contribution is -2.56. The van der Waals surface area contributed by atoms with E-state index in [9.17, 15) is 14.4 Å². The predicted molar refractivity (Wildman–Crippen MR) is 96.6 cm³/mol. The van der Waals surface area contributed by atoms with Crippen molar-refractivity contribution >= 4 is 11.8 Å². The van der Waals surface area contributed by atoms with Gasteiger partial charge in [-0.3, -0.25) is 14.4 Å². The summed E-state index contributed by atoms with van der Waals surface area (Å²) in [5.74, 6) is 0.143. The molecule has 142 valence electrons. The summed E-state index contributed by atoms with van der Waals surface area (Å²) >= 11 is 0. The number of amides is 2. The average Bonchev–Trinajstić information content (AvgIpc) is 2.65. The highest BCUT2D eigenvalue weighted by Crippen LogP contribution is 2.38. The Morgan fingerprint density at radius 2 is 2.08 bits per heavy atom. The van der Waals surface area contributed by atoms with Crippen molar-refractivity contribution in [3.8, 4) is 0 Å². The molecule has 26 heavy (non-hydrogen) atoms. The molecule has 0 aromatic carbocycles. The van der Waals surface area contributed by atoms with Gasteiger partial charge in [0.25, 0.3) is 5.56 Å². The fourth-order valence-electron chi connectivity index (χ4n) is 4.10. The molecule has 7 nitrogen and oxygen atoms in total. The molecule has 1 aromatic heterocycles. The number of likely N-dealkylation sites (tertiary alicyclic amines) is 2. The van der Waals surface area contributed by atoms with Crippen LogP contribution in [0.2, 0.25) is 0 Å². The van der Waals surface area contributed by atoms with Crippen molar-refractivity contribution in [1.29, 1.82) is 0 Å². The lowest BCUT2D eigenvalue weighted by atomic mass is 9.73. The van der Waals surface area contributed by atoms with Gasteiger partial charge in [0.1, 0.15) is 6.54 Å². The van der Waals surface area contributed by atoms with Crippen molar-refractivity contribution < 1.29 is 14.3 Å². The van der Waals surface area contributed by atoms with Gasteiger partial charge >= 0.3 is 0 Å². The molecule has 3 rings (SSSR count). The quantitative estimate of drug-likeness (QED) is 0.775. The van der Waals surface area contributed by atoms with Crippen molar-refractivity contribution in [2.75, 3.05) is 39.9 Å². The third-order valence-corrected chi connectivity index (χ3v) is 5.53. The van der Waals surface area contributed by atoms with Gasteiger partial charge in [0, 0.05) is 57.4 Å². The second kappa shape index (κ2) is 8.03. The van der Waals surface area contributed by atoms with Gasteiger partial charge in [0.2, 0.25) is 11.8 Å². The van der Waals surface area contributed by atoms with Crippen LogP contribution < -0.4 is 5.56 Å². The van der Waals surface area contributed by atoms with E-state index in [-0.39, 0.29) is 29.3 Å². The molecule has 1 atom stereocenters. The van der Waals surface area contributed by atoms with Crippen LogP contribution in [0.25, 0.3) is 0 Å². The number of carbonyl (C=O) groups excluding carboxylic acids is 2. The van der Waals surface area contributed by atoms with Crippen molar-refractivity contribution in [2.24, 2.45) is 5.41 Å². The van der Waals surface area contributed by atoms with Gasteiger partial charge in [0.05, 0.1) is 6.61 Å². The monoisotopic (exact) mass is 361 g/mol. The zero-order valence-electron chi connectivity index (χ0n) is 15.4. The topological polar surface area (TPSA) is 71.8 Å². The minimum absolute atomic E-state index is 0.0299. The summed E-state index contributed by atoms with van der Waals surface area (Å²) in [5, 5.41) is 0. The van der Waals surface area contributed by atoms with Crippen molar-refractivity contribution in [3.63, 3.8) is 0 Å². The molecule has 2 saturated heterocycles. The van der Waals surface area contributed by atoms with Crippen LogP contribution in [0.3, 0.4) is 0 Å². The molecule has 1 unspecified atom stereocenters. The molecule has 3 heterocycles. The fourth-order valence-corrected chi connectivity index (χ4v) is 4.10. The SMILES string of the molecule is COCCN1CC2(CCCN(C(=O)Cn3ccccc3=O)C2)CCC1=O. The number of carbonyl (C=O) groups is 2. The van der Waals surface area contributed by atoms with E-state index in [0.29, 0.717) is 39.2 Å². The predicted octanol–water partition coefficient (Wildman–Crippen LogP) is 0.726. The normalized spacial score (nSPS) is 23.5. The summed E-state index contributed by atoms with van der Waals surface area (Å²) in [5.41, 5.74) is -0.196. The maximum Gasteiger partial charge on any atom is 0.250 e. The van der Waals surface area contributed by atoms with E-state index >= 15 is 0 Å². The Morgan fingerprint density at radius 3 is 2.85 bits per heavy atom. The third-order valence-electron chi connectivity index (χ3n) is 5.53. The number of piperidine rings is 2. The van der Waals surface area contributed by atoms with Crippen LogP contribution in [0.4, 0.5) is 0 Å². The van der Waals surface area contributed by atoms with Gasteiger partial charge in [-0.05, 0) is 25.3 Å². The number of pyridine rings is 1. The molecule has 2 aliphatic rings. The zero-order chi connectivity index (χ0) is 18.6. The maximum atomic E-state index is 12.7. The molecule has 0 aliphatic carbocycles. The summed E-state index contributed by atoms with van der Waals surface area (Å²) < 4.78 is 6.56. The minimum Gasteiger partial charge on any atom is -0.383 e. The van der Waals surface area contributed by atoms with Gasteiger partial charge in [-0.2, -0.15) is 0 Å². The Hall–Kier alpha value is -2.15. The van der Waals surface area contributed by atoms with Crippen LogP contribution in [0.1, 0.15) is 25.7 Å². The molecular weight excluding hydrogens is 334 g/mol. The molecule has 0 saturated carbocycles. The van der Waals surface area contributed by atoms with E-state index in [4.69, 9.17) is 4.74 Å². The standard InChI is InChI=1S/C19H27N3O4/c1-26-12-11-22-15-19(8-6-17(22)24)7-4-10-21(14-19)18(25)13-20-9-3-2-5-16(20)23/h2-3,5,9H,4,6-8,10-15H2,1H3. The highest BCUT2D eigenvalue weighted by Gasteiger charge is 2.42. The molecule has 7 heteroatoms. The first-order valence-electron chi connectivity index (χ1n) is 9.23. The summed E-state index contributed by atoms with van der Waals surface area (Å²) in [7, 11) is 1.64. The Balaban J connectivity index is 1.66. The Bertz CT molecular complexity index is 717. The average molecular weight is 361 g/mol. The molecule has 0 N–H and O–H groups in total. The first-order chi connectivity index (χ1) is 12.5. The van der Waals surface area contributed by atoms with E-state index in [2.05, 4.69) is 0 Å². The van der Waals surface area contributed by atoms with Crippen LogP contribution in [0.5, 0.6) is 0 Å². The molecule has 2 amide bonds. The van der Waals surface area contributed by atoms with Gasteiger partial charge in [-0.1, -0.05) is 6.07 Å². The van der Waals surface area contributed by atoms with Gasteiger partial charge in [-0.25, -0.2) is 0 Å². The summed E-state index contributed by atoms with van der Waals surface area (Å²) in [6, 6.07) is 4.89. The number of hydrogen-bond donors (Lipinski definition) is 0. The Labute approximate surface area is 153 Å². The number of hydrogen-bond acceptors (Lipinski definition) is 4. The van der Waals surface area contributed by atoms with Crippen LogP contribution >= 0.6 is 0 Å². The molecule has 0 bridgehead atoms. The summed E-state index contributed by atoms with van der Waals surface area (Å²) in [6.07, 6.45) is 4.96. The van der Waals surface area contributed by atoms with Crippen molar-refractivity contribution in [3.05, 3.63) is 34.7 Å². The third kappa shape index (κ3) is 4.15. The van der Waals surface area contributed by atoms with Crippen LogP contribution in [-0.4, -0.2) is 66.1 Å². The van der Waals surface area contributed by atoms with Gasteiger partial charge < -0.3 is 19.1 Å². The van der Waals surface area contributed by atoms with Crippen molar-refractivity contribution in [2.45, 2.75) is 32.2 Å². The largest absolute Gasteiger partial charge is 0.383 e. The lowest BCUT2D eigenvalue weighted by molar-refractivity contribution is -0.143. The van der Waals surface area contributed by atoms with Gasteiger partial charge in [-0.15, -0.1) is 0 Å². The van der Waals surface area contributed by atoms with E-state index in [0.717, 1.165) is 19.3 Å². The van der Waals surface area contributed by atoms with Crippen LogP contribution in [-0.2, 0) is 20.9 Å². The Kier molecular flexibility index (Phi) is 5.76. The van der Waals surface area contributed by atoms with Gasteiger partial charge in [0.15, 0.2) is 0 Å². The molecule has 1 spiro atoms. The first kappa shape index (κ1) is 18.6. The smallest absolute Gasteiger partial charge is 0.250 e. The number of ether oxygens (including phenoxy) is 1. The second-order valence-electron chi connectivity index (χ2n) is 7.39. The van der Waals surface area contributed by atoms with Crippen LogP contribution in [0.15, 0.2) is 29.2 Å². The maximum absolute atomic E-state index is 12.7. The molecule has 2 fully saturated rings. The van der Waals surface area contributed by atoms with E-state index in [1.165, 1.54) is 10.6 Å². The number of nitrogens with zero attached hydrogens (tertiary/aromatic N) is 3. The second-order valence-corrected chi connectivity index (χ2v) is 7.39. The molecule has 0 radical (unpaired) electrons. The van der Waals surface area contributed by atoms with Crippen LogP contribution in [0, 0.1) is 5.41 Å². The minimum atomic E-state index is -0.165. The summed E-state index contributed by atoms with van der Waals surface area (Å²) in [4.78, 5) is 40.5. The Morgan fingerprint density at radius 1 is 1.23 bits per heavy atom. The van der Waals surface area contributed by atoms with E-state index < -0.39 is 0 Å². The fraction of sp³-hybridized carbons (Fsp3) is 0.632. The summed E-state index contributed by atoms with van der Waals surface area (Å²) in [6.45, 7) is 3.26.